The molecule has 160 valence electrons. The normalized spacial score (nSPS) is 24.2. The highest BCUT2D eigenvalue weighted by molar-refractivity contribution is 6.05. The Bertz CT molecular complexity index is 805. The first-order valence-electron chi connectivity index (χ1n) is 10.8. The maximum absolute atomic E-state index is 12.5. The van der Waals surface area contributed by atoms with Gasteiger partial charge in [0.25, 0.3) is 0 Å². The lowest BCUT2D eigenvalue weighted by atomic mass is 9.85. The van der Waals surface area contributed by atoms with Crippen LogP contribution in [0.25, 0.3) is 0 Å². The lowest BCUT2D eigenvalue weighted by Gasteiger charge is -2.27. The highest BCUT2D eigenvalue weighted by Gasteiger charge is 2.46. The van der Waals surface area contributed by atoms with E-state index in [1.807, 2.05) is 30.4 Å². The van der Waals surface area contributed by atoms with E-state index < -0.39 is 0 Å². The van der Waals surface area contributed by atoms with Gasteiger partial charge in [0.15, 0.2) is 0 Å². The molecular formula is C23H29N3O4. The zero-order chi connectivity index (χ0) is 20.9. The Morgan fingerprint density at radius 2 is 1.63 bits per heavy atom. The van der Waals surface area contributed by atoms with Crippen molar-refractivity contribution in [1.29, 1.82) is 0 Å². The van der Waals surface area contributed by atoms with Crippen LogP contribution < -0.4 is 5.32 Å². The van der Waals surface area contributed by atoms with Crippen molar-refractivity contribution >= 4 is 17.7 Å². The van der Waals surface area contributed by atoms with Gasteiger partial charge in [-0.2, -0.15) is 0 Å². The molecular weight excluding hydrogens is 382 g/mol. The van der Waals surface area contributed by atoms with E-state index in [9.17, 15) is 14.4 Å². The summed E-state index contributed by atoms with van der Waals surface area (Å²) in [5.41, 5.74) is 2.28. The molecule has 4 rings (SSSR count). The number of amides is 3. The molecule has 0 bridgehead atoms. The first-order chi connectivity index (χ1) is 14.6. The number of allylic oxidation sites excluding steroid dienone is 2. The molecule has 2 aliphatic heterocycles. The number of fused-ring (bicyclic) bond motifs is 1. The minimum atomic E-state index is -0.238. The summed E-state index contributed by atoms with van der Waals surface area (Å²) in [5, 5.41) is 2.95. The van der Waals surface area contributed by atoms with E-state index in [0.717, 1.165) is 38.4 Å². The first kappa shape index (κ1) is 20.8. The Morgan fingerprint density at radius 1 is 1.00 bits per heavy atom. The number of ether oxygens (including phenoxy) is 1. The smallest absolute Gasteiger partial charge is 0.233 e. The third-order valence-electron chi connectivity index (χ3n) is 6.25. The molecule has 3 aliphatic rings. The van der Waals surface area contributed by atoms with Crippen LogP contribution in [0.1, 0.15) is 30.4 Å². The molecule has 0 spiro atoms. The van der Waals surface area contributed by atoms with Crippen molar-refractivity contribution in [2.24, 2.45) is 11.8 Å². The standard InChI is InChI=1S/C23H29N3O4/c27-21(9-10-26-22(28)19-7-3-4-8-20(19)23(26)29)24-15-17-5-1-2-6-18(17)16-25-11-13-30-14-12-25/h1-6,19-20H,7-16H2,(H,24,27)/t19-,20-/m0/s1. The lowest BCUT2D eigenvalue weighted by molar-refractivity contribution is -0.140. The van der Waals surface area contributed by atoms with Crippen molar-refractivity contribution in [1.82, 2.24) is 15.1 Å². The first-order valence-corrected chi connectivity index (χ1v) is 10.8. The van der Waals surface area contributed by atoms with Gasteiger partial charge in [-0.1, -0.05) is 36.4 Å². The minimum Gasteiger partial charge on any atom is -0.379 e. The molecule has 1 N–H and O–H groups in total. The minimum absolute atomic E-state index is 0.127. The van der Waals surface area contributed by atoms with E-state index >= 15 is 0 Å². The van der Waals surface area contributed by atoms with Gasteiger partial charge in [-0.15, -0.1) is 0 Å². The molecule has 7 heteroatoms. The van der Waals surface area contributed by atoms with Crippen LogP contribution in [0.5, 0.6) is 0 Å². The maximum Gasteiger partial charge on any atom is 0.233 e. The van der Waals surface area contributed by atoms with Crippen LogP contribution in [0.4, 0.5) is 0 Å². The van der Waals surface area contributed by atoms with Crippen molar-refractivity contribution in [2.45, 2.75) is 32.4 Å². The third kappa shape index (κ3) is 4.63. The predicted molar refractivity (Wildman–Crippen MR) is 111 cm³/mol. The molecule has 0 saturated carbocycles. The number of hydrogen-bond acceptors (Lipinski definition) is 5. The molecule has 3 amide bonds. The Hall–Kier alpha value is -2.51. The number of morpholine rings is 1. The summed E-state index contributed by atoms with van der Waals surface area (Å²) >= 11 is 0. The topological polar surface area (TPSA) is 79.0 Å². The average Bonchev–Trinajstić information content (AvgIpc) is 3.02. The summed E-state index contributed by atoms with van der Waals surface area (Å²) in [7, 11) is 0. The second-order valence-electron chi connectivity index (χ2n) is 8.17. The summed E-state index contributed by atoms with van der Waals surface area (Å²) in [6, 6.07) is 8.11. The molecule has 30 heavy (non-hydrogen) atoms. The Kier molecular flexibility index (Phi) is 6.59. The van der Waals surface area contributed by atoms with Gasteiger partial charge in [0.2, 0.25) is 17.7 Å². The number of rotatable bonds is 7. The molecule has 2 fully saturated rings. The third-order valence-corrected chi connectivity index (χ3v) is 6.25. The number of carbonyl (C=O) groups is 3. The van der Waals surface area contributed by atoms with Crippen molar-refractivity contribution in [3.05, 3.63) is 47.5 Å². The number of carbonyl (C=O) groups excluding carboxylic acids is 3. The van der Waals surface area contributed by atoms with Crippen molar-refractivity contribution in [3.63, 3.8) is 0 Å². The van der Waals surface area contributed by atoms with Crippen LogP contribution in [-0.4, -0.2) is 60.4 Å². The summed E-state index contributed by atoms with van der Waals surface area (Å²) in [6.45, 7) is 4.77. The highest BCUT2D eigenvalue weighted by Crippen LogP contribution is 2.34. The number of nitrogens with one attached hydrogen (secondary N) is 1. The number of benzene rings is 1. The zero-order valence-corrected chi connectivity index (χ0v) is 17.2. The van der Waals surface area contributed by atoms with Gasteiger partial charge in [0.05, 0.1) is 25.0 Å². The van der Waals surface area contributed by atoms with Crippen LogP contribution in [-0.2, 0) is 32.2 Å². The van der Waals surface area contributed by atoms with Gasteiger partial charge in [-0.25, -0.2) is 0 Å². The van der Waals surface area contributed by atoms with Crippen molar-refractivity contribution in [3.8, 4) is 0 Å². The van der Waals surface area contributed by atoms with Gasteiger partial charge in [-0.3, -0.25) is 24.2 Å². The van der Waals surface area contributed by atoms with Crippen molar-refractivity contribution < 1.29 is 19.1 Å². The summed E-state index contributed by atoms with van der Waals surface area (Å²) in [5.74, 6) is -0.879. The molecule has 2 heterocycles. The van der Waals surface area contributed by atoms with Gasteiger partial charge >= 0.3 is 0 Å². The zero-order valence-electron chi connectivity index (χ0n) is 17.2. The number of nitrogens with zero attached hydrogens (tertiary/aromatic N) is 2. The lowest BCUT2D eigenvalue weighted by Crippen LogP contribution is -2.36. The molecule has 1 aromatic carbocycles. The maximum atomic E-state index is 12.5. The Labute approximate surface area is 177 Å². The average molecular weight is 412 g/mol. The van der Waals surface area contributed by atoms with E-state index in [1.165, 1.54) is 10.5 Å². The fourth-order valence-electron chi connectivity index (χ4n) is 4.47. The van der Waals surface area contributed by atoms with Crippen LogP contribution >= 0.6 is 0 Å². The molecule has 0 unspecified atom stereocenters. The number of imide groups is 1. The van der Waals surface area contributed by atoms with Gasteiger partial charge < -0.3 is 10.1 Å². The van der Waals surface area contributed by atoms with Crippen LogP contribution in [0.15, 0.2) is 36.4 Å². The van der Waals surface area contributed by atoms with E-state index in [1.54, 1.807) is 0 Å². The van der Waals surface area contributed by atoms with Gasteiger partial charge in [0, 0.05) is 39.1 Å². The molecule has 1 aliphatic carbocycles. The second-order valence-corrected chi connectivity index (χ2v) is 8.17. The quantitative estimate of drug-likeness (QED) is 0.543. The molecule has 0 aromatic heterocycles. The number of likely N-dealkylation sites (tertiary alicyclic amines) is 1. The summed E-state index contributed by atoms with van der Waals surface area (Å²) in [4.78, 5) is 41.0. The number of hydrogen-bond donors (Lipinski definition) is 1. The summed E-state index contributed by atoms with van der Waals surface area (Å²) < 4.78 is 5.41. The van der Waals surface area contributed by atoms with Crippen LogP contribution in [0, 0.1) is 11.8 Å². The SMILES string of the molecule is O=C(CCN1C(=O)[C@H]2CC=CC[C@@H]2C1=O)NCc1ccccc1CN1CCOCC1. The van der Waals surface area contributed by atoms with E-state index in [4.69, 9.17) is 4.74 Å². The highest BCUT2D eigenvalue weighted by atomic mass is 16.5. The van der Waals surface area contributed by atoms with E-state index in [0.29, 0.717) is 19.4 Å². The van der Waals surface area contributed by atoms with Crippen LogP contribution in [0.2, 0.25) is 0 Å². The second kappa shape index (κ2) is 9.53. The van der Waals surface area contributed by atoms with Gasteiger partial charge in [-0.05, 0) is 24.0 Å². The fraction of sp³-hybridized carbons (Fsp3) is 0.522. The summed E-state index contributed by atoms with van der Waals surface area (Å²) in [6.07, 6.45) is 5.32. The monoisotopic (exact) mass is 411 g/mol. The van der Waals surface area contributed by atoms with Gasteiger partial charge in [0.1, 0.15) is 0 Å². The molecule has 2 atom stereocenters. The predicted octanol–water partition coefficient (Wildman–Crippen LogP) is 1.48. The molecule has 7 nitrogen and oxygen atoms in total. The van der Waals surface area contributed by atoms with E-state index in [2.05, 4.69) is 16.3 Å². The van der Waals surface area contributed by atoms with Crippen LogP contribution in [0.3, 0.4) is 0 Å². The van der Waals surface area contributed by atoms with E-state index in [-0.39, 0.29) is 42.5 Å². The Morgan fingerprint density at radius 3 is 2.30 bits per heavy atom. The largest absolute Gasteiger partial charge is 0.379 e. The fourth-order valence-corrected chi connectivity index (χ4v) is 4.47. The molecule has 0 radical (unpaired) electrons. The molecule has 2 saturated heterocycles. The van der Waals surface area contributed by atoms with Crippen molar-refractivity contribution in [2.75, 3.05) is 32.8 Å². The molecule has 1 aromatic rings. The Balaban J connectivity index is 1.27.